The van der Waals surface area contributed by atoms with Crippen LogP contribution in [0.5, 0.6) is 0 Å². The quantitative estimate of drug-likeness (QED) is 0.896. The Labute approximate surface area is 123 Å². The van der Waals surface area contributed by atoms with Gasteiger partial charge < -0.3 is 15.5 Å². The van der Waals surface area contributed by atoms with Gasteiger partial charge >= 0.3 is 6.03 Å². The van der Waals surface area contributed by atoms with Gasteiger partial charge in [0.15, 0.2) is 0 Å². The van der Waals surface area contributed by atoms with Crippen LogP contribution in [-0.4, -0.2) is 36.5 Å². The molecule has 0 aromatic carbocycles. The lowest BCUT2D eigenvalue weighted by atomic mass is 10.2. The summed E-state index contributed by atoms with van der Waals surface area (Å²) in [6, 6.07) is 3.55. The van der Waals surface area contributed by atoms with E-state index in [1.807, 2.05) is 26.0 Å². The van der Waals surface area contributed by atoms with E-state index in [0.717, 1.165) is 17.7 Å². The van der Waals surface area contributed by atoms with E-state index in [2.05, 4.69) is 10.6 Å². The van der Waals surface area contributed by atoms with Crippen molar-refractivity contribution in [3.8, 4) is 0 Å². The standard InChI is InChI=1S/C14H21N3O2S/c1-9-6-7-12(20-9)10(2)16-14(19)17-8-4-5-11(17)13(18)15-3/h6-7,10-11H,4-5,8H2,1-3H3,(H,15,18)(H,16,19)/t10-,11-/m1/s1. The molecule has 2 heterocycles. The van der Waals surface area contributed by atoms with Crippen LogP contribution < -0.4 is 10.6 Å². The van der Waals surface area contributed by atoms with Crippen LogP contribution in [-0.2, 0) is 4.79 Å². The van der Waals surface area contributed by atoms with Crippen LogP contribution in [0.4, 0.5) is 4.79 Å². The van der Waals surface area contributed by atoms with Gasteiger partial charge in [-0.05, 0) is 38.8 Å². The predicted molar refractivity (Wildman–Crippen MR) is 79.8 cm³/mol. The summed E-state index contributed by atoms with van der Waals surface area (Å²) in [4.78, 5) is 28.1. The third-order valence-corrected chi connectivity index (χ3v) is 4.77. The minimum atomic E-state index is -0.336. The van der Waals surface area contributed by atoms with Gasteiger partial charge in [0, 0.05) is 23.3 Å². The van der Waals surface area contributed by atoms with Gasteiger partial charge in [0.2, 0.25) is 5.91 Å². The first kappa shape index (κ1) is 14.8. The number of urea groups is 1. The predicted octanol–water partition coefficient (Wildman–Crippen LogP) is 2.04. The molecule has 0 aliphatic carbocycles. The normalized spacial score (nSPS) is 19.8. The van der Waals surface area contributed by atoms with E-state index in [4.69, 9.17) is 0 Å². The average molecular weight is 295 g/mol. The number of nitrogens with zero attached hydrogens (tertiary/aromatic N) is 1. The van der Waals surface area contributed by atoms with Crippen molar-refractivity contribution in [3.05, 3.63) is 21.9 Å². The van der Waals surface area contributed by atoms with E-state index in [1.165, 1.54) is 4.88 Å². The molecule has 0 unspecified atom stereocenters. The minimum Gasteiger partial charge on any atom is -0.357 e. The molecule has 1 aliphatic heterocycles. The molecule has 1 saturated heterocycles. The average Bonchev–Trinajstić information content (AvgIpc) is 3.06. The molecular formula is C14H21N3O2S. The van der Waals surface area contributed by atoms with E-state index in [0.29, 0.717) is 6.54 Å². The largest absolute Gasteiger partial charge is 0.357 e. The SMILES string of the molecule is CNC(=O)[C@H]1CCCN1C(=O)N[C@H](C)c1ccc(C)s1. The van der Waals surface area contributed by atoms with Crippen molar-refractivity contribution in [1.29, 1.82) is 0 Å². The highest BCUT2D eigenvalue weighted by atomic mass is 32.1. The molecular weight excluding hydrogens is 274 g/mol. The van der Waals surface area contributed by atoms with Crippen LogP contribution in [0.3, 0.4) is 0 Å². The van der Waals surface area contributed by atoms with Gasteiger partial charge in [-0.1, -0.05) is 0 Å². The summed E-state index contributed by atoms with van der Waals surface area (Å²) >= 11 is 1.68. The van der Waals surface area contributed by atoms with E-state index in [-0.39, 0.29) is 24.0 Å². The molecule has 0 bridgehead atoms. The van der Waals surface area contributed by atoms with Gasteiger partial charge in [-0.15, -0.1) is 11.3 Å². The third kappa shape index (κ3) is 3.12. The first-order valence-electron chi connectivity index (χ1n) is 6.88. The number of carbonyl (C=O) groups excluding carboxylic acids is 2. The zero-order chi connectivity index (χ0) is 14.7. The van der Waals surface area contributed by atoms with Crippen molar-refractivity contribution in [1.82, 2.24) is 15.5 Å². The maximum absolute atomic E-state index is 12.3. The molecule has 1 fully saturated rings. The van der Waals surface area contributed by atoms with Crippen LogP contribution in [0, 0.1) is 6.92 Å². The second kappa shape index (κ2) is 6.26. The molecule has 2 atom stereocenters. The Kier molecular flexibility index (Phi) is 4.65. The molecule has 1 aromatic rings. The monoisotopic (exact) mass is 295 g/mol. The number of carbonyl (C=O) groups is 2. The lowest BCUT2D eigenvalue weighted by Crippen LogP contribution is -2.49. The summed E-state index contributed by atoms with van der Waals surface area (Å²) in [5, 5.41) is 5.60. The number of aryl methyl sites for hydroxylation is 1. The highest BCUT2D eigenvalue weighted by Crippen LogP contribution is 2.23. The molecule has 5 nitrogen and oxygen atoms in total. The summed E-state index contributed by atoms with van der Waals surface area (Å²) in [5.41, 5.74) is 0. The molecule has 2 rings (SSSR count). The Bertz CT molecular complexity index is 500. The fourth-order valence-corrected chi connectivity index (χ4v) is 3.35. The van der Waals surface area contributed by atoms with Crippen LogP contribution >= 0.6 is 11.3 Å². The number of hydrogen-bond acceptors (Lipinski definition) is 3. The number of thiophene rings is 1. The second-order valence-corrected chi connectivity index (χ2v) is 6.40. The summed E-state index contributed by atoms with van der Waals surface area (Å²) in [7, 11) is 1.60. The highest BCUT2D eigenvalue weighted by molar-refractivity contribution is 7.12. The fraction of sp³-hybridized carbons (Fsp3) is 0.571. The van der Waals surface area contributed by atoms with Crippen LogP contribution in [0.2, 0.25) is 0 Å². The van der Waals surface area contributed by atoms with E-state index < -0.39 is 0 Å². The molecule has 0 saturated carbocycles. The molecule has 1 aromatic heterocycles. The van der Waals surface area contributed by atoms with Crippen molar-refractivity contribution in [2.24, 2.45) is 0 Å². The molecule has 20 heavy (non-hydrogen) atoms. The van der Waals surface area contributed by atoms with Gasteiger partial charge in [0.1, 0.15) is 6.04 Å². The Morgan fingerprint density at radius 1 is 1.45 bits per heavy atom. The number of rotatable bonds is 3. The Hall–Kier alpha value is -1.56. The van der Waals surface area contributed by atoms with E-state index >= 15 is 0 Å². The number of nitrogens with one attached hydrogen (secondary N) is 2. The first-order chi connectivity index (χ1) is 9.52. The lowest BCUT2D eigenvalue weighted by Gasteiger charge is -2.25. The molecule has 3 amide bonds. The maximum atomic E-state index is 12.3. The van der Waals surface area contributed by atoms with Crippen molar-refractivity contribution < 1.29 is 9.59 Å². The van der Waals surface area contributed by atoms with Crippen LogP contribution in [0.25, 0.3) is 0 Å². The van der Waals surface area contributed by atoms with Crippen molar-refractivity contribution in [2.45, 2.75) is 38.8 Å². The Balaban J connectivity index is 1.99. The topological polar surface area (TPSA) is 61.4 Å². The first-order valence-corrected chi connectivity index (χ1v) is 7.69. The highest BCUT2D eigenvalue weighted by Gasteiger charge is 2.34. The van der Waals surface area contributed by atoms with E-state index in [1.54, 1.807) is 23.3 Å². The minimum absolute atomic E-state index is 0.0351. The van der Waals surface area contributed by atoms with Crippen molar-refractivity contribution in [2.75, 3.05) is 13.6 Å². The third-order valence-electron chi connectivity index (χ3n) is 3.59. The summed E-state index contributed by atoms with van der Waals surface area (Å²) in [6.07, 6.45) is 1.61. The lowest BCUT2D eigenvalue weighted by molar-refractivity contribution is -0.124. The zero-order valence-electron chi connectivity index (χ0n) is 12.1. The molecule has 0 radical (unpaired) electrons. The smallest absolute Gasteiger partial charge is 0.318 e. The van der Waals surface area contributed by atoms with Gasteiger partial charge in [0.25, 0.3) is 0 Å². The molecule has 0 spiro atoms. The molecule has 2 N–H and O–H groups in total. The number of likely N-dealkylation sites (tertiary alicyclic amines) is 1. The van der Waals surface area contributed by atoms with Crippen molar-refractivity contribution in [3.63, 3.8) is 0 Å². The Morgan fingerprint density at radius 3 is 2.80 bits per heavy atom. The van der Waals surface area contributed by atoms with Crippen LogP contribution in [0.1, 0.15) is 35.6 Å². The van der Waals surface area contributed by atoms with Gasteiger partial charge in [-0.2, -0.15) is 0 Å². The zero-order valence-corrected chi connectivity index (χ0v) is 12.9. The summed E-state index contributed by atoms with van der Waals surface area (Å²) in [6.45, 7) is 4.65. The number of amides is 3. The summed E-state index contributed by atoms with van der Waals surface area (Å²) in [5.74, 6) is -0.0859. The van der Waals surface area contributed by atoms with Gasteiger partial charge in [0.05, 0.1) is 6.04 Å². The fourth-order valence-electron chi connectivity index (χ4n) is 2.47. The Morgan fingerprint density at radius 2 is 2.20 bits per heavy atom. The van der Waals surface area contributed by atoms with Crippen LogP contribution in [0.15, 0.2) is 12.1 Å². The molecule has 6 heteroatoms. The maximum Gasteiger partial charge on any atom is 0.318 e. The van der Waals surface area contributed by atoms with Gasteiger partial charge in [-0.25, -0.2) is 4.79 Å². The van der Waals surface area contributed by atoms with Gasteiger partial charge in [-0.3, -0.25) is 4.79 Å². The second-order valence-electron chi connectivity index (χ2n) is 5.09. The van der Waals surface area contributed by atoms with Crippen molar-refractivity contribution >= 4 is 23.3 Å². The summed E-state index contributed by atoms with van der Waals surface area (Å²) < 4.78 is 0. The van der Waals surface area contributed by atoms with E-state index in [9.17, 15) is 9.59 Å². The number of likely N-dealkylation sites (N-methyl/N-ethyl adjacent to an activating group) is 1. The number of hydrogen-bond donors (Lipinski definition) is 2. The molecule has 110 valence electrons. The molecule has 1 aliphatic rings.